The summed E-state index contributed by atoms with van der Waals surface area (Å²) in [7, 11) is 0. The van der Waals surface area contributed by atoms with Crippen LogP contribution in [0.4, 0.5) is 17.1 Å². The van der Waals surface area contributed by atoms with Gasteiger partial charge in [-0.1, -0.05) is 172 Å². The van der Waals surface area contributed by atoms with Crippen molar-refractivity contribution in [1.82, 2.24) is 0 Å². The Hall–Kier alpha value is -7.68. The first kappa shape index (κ1) is 35.3. The maximum Gasteiger partial charge on any atom is 0.136 e. The van der Waals surface area contributed by atoms with Crippen molar-refractivity contribution in [3.8, 4) is 44.5 Å². The van der Waals surface area contributed by atoms with Gasteiger partial charge >= 0.3 is 0 Å². The number of hydrogen-bond acceptors (Lipinski definition) is 2. The van der Waals surface area contributed by atoms with E-state index in [2.05, 4.69) is 231 Å². The zero-order chi connectivity index (χ0) is 40.7. The standard InChI is InChI=1S/C59H41NO/c1-59(2)52-24-9-7-20-47(52)50-23-12-26-54(58(50)59)60(46-32-30-39(31-33-46)41-18-11-19-42(34-41)45-29-28-38-14-3-4-15-40(38)35-45)53-25-10-8-21-48(53)49-22-13-27-55-57(49)51-36-43-16-5-6-17-44(43)37-56(51)61-55/h3-37H,1-2H3. The van der Waals surface area contributed by atoms with Gasteiger partial charge in [-0.15, -0.1) is 0 Å². The van der Waals surface area contributed by atoms with Crippen molar-refractivity contribution < 1.29 is 4.42 Å². The summed E-state index contributed by atoms with van der Waals surface area (Å²) < 4.78 is 6.61. The van der Waals surface area contributed by atoms with Crippen LogP contribution in [-0.2, 0) is 5.41 Å². The zero-order valence-corrected chi connectivity index (χ0v) is 34.1. The van der Waals surface area contributed by atoms with Gasteiger partial charge in [0.25, 0.3) is 0 Å². The van der Waals surface area contributed by atoms with E-state index in [1.54, 1.807) is 0 Å². The third-order valence-electron chi connectivity index (χ3n) is 13.0. The van der Waals surface area contributed by atoms with Crippen molar-refractivity contribution in [3.63, 3.8) is 0 Å². The molecular weight excluding hydrogens is 739 g/mol. The van der Waals surface area contributed by atoms with E-state index < -0.39 is 0 Å². The summed E-state index contributed by atoms with van der Waals surface area (Å²) in [5.41, 5.74) is 17.3. The van der Waals surface area contributed by atoms with Gasteiger partial charge in [0.15, 0.2) is 0 Å². The van der Waals surface area contributed by atoms with E-state index in [0.29, 0.717) is 0 Å². The molecule has 0 aliphatic heterocycles. The molecule has 1 aliphatic carbocycles. The molecule has 0 bridgehead atoms. The molecule has 288 valence electrons. The van der Waals surface area contributed by atoms with E-state index in [9.17, 15) is 0 Å². The Morgan fingerprint density at radius 1 is 0.377 bits per heavy atom. The van der Waals surface area contributed by atoms with E-state index in [4.69, 9.17) is 4.42 Å². The molecule has 0 saturated carbocycles. The Morgan fingerprint density at radius 3 is 1.77 bits per heavy atom. The maximum absolute atomic E-state index is 6.61. The van der Waals surface area contributed by atoms with Gasteiger partial charge in [-0.25, -0.2) is 0 Å². The van der Waals surface area contributed by atoms with Crippen LogP contribution in [0.25, 0.3) is 88.0 Å². The molecule has 0 amide bonds. The summed E-state index contributed by atoms with van der Waals surface area (Å²) in [6.45, 7) is 4.75. The van der Waals surface area contributed by atoms with Crippen molar-refractivity contribution in [3.05, 3.63) is 223 Å². The number of furan rings is 1. The second-order valence-corrected chi connectivity index (χ2v) is 16.9. The first-order chi connectivity index (χ1) is 30.0. The Labute approximate surface area is 355 Å². The third kappa shape index (κ3) is 5.64. The number of hydrogen-bond donors (Lipinski definition) is 0. The predicted octanol–water partition coefficient (Wildman–Crippen LogP) is 16.7. The fourth-order valence-corrected chi connectivity index (χ4v) is 10.1. The van der Waals surface area contributed by atoms with Crippen LogP contribution in [0.1, 0.15) is 25.0 Å². The van der Waals surface area contributed by atoms with Gasteiger partial charge in [-0.05, 0) is 126 Å². The third-order valence-corrected chi connectivity index (χ3v) is 13.0. The average molecular weight is 780 g/mol. The molecule has 0 saturated heterocycles. The lowest BCUT2D eigenvalue weighted by molar-refractivity contribution is 0.661. The van der Waals surface area contributed by atoms with Crippen molar-refractivity contribution in [2.45, 2.75) is 19.3 Å². The van der Waals surface area contributed by atoms with Crippen LogP contribution in [0, 0.1) is 0 Å². The van der Waals surface area contributed by atoms with Crippen LogP contribution in [0.3, 0.4) is 0 Å². The molecule has 0 fully saturated rings. The molecule has 0 atom stereocenters. The second kappa shape index (κ2) is 13.7. The summed E-state index contributed by atoms with van der Waals surface area (Å²) in [5.74, 6) is 0. The van der Waals surface area contributed by atoms with Crippen LogP contribution in [-0.4, -0.2) is 0 Å². The number of para-hydroxylation sites is 1. The highest BCUT2D eigenvalue weighted by atomic mass is 16.3. The largest absolute Gasteiger partial charge is 0.456 e. The quantitative estimate of drug-likeness (QED) is 0.167. The molecule has 1 aromatic heterocycles. The van der Waals surface area contributed by atoms with E-state index in [-0.39, 0.29) is 5.41 Å². The molecule has 0 unspecified atom stereocenters. The van der Waals surface area contributed by atoms with Gasteiger partial charge in [0.05, 0.1) is 11.4 Å². The second-order valence-electron chi connectivity index (χ2n) is 16.9. The fraction of sp³-hybridized carbons (Fsp3) is 0.0508. The minimum atomic E-state index is -0.222. The summed E-state index contributed by atoms with van der Waals surface area (Å²) in [6, 6.07) is 77.5. The van der Waals surface area contributed by atoms with Gasteiger partial charge in [0, 0.05) is 27.4 Å². The van der Waals surface area contributed by atoms with Crippen molar-refractivity contribution in [2.75, 3.05) is 4.90 Å². The summed E-state index contributed by atoms with van der Waals surface area (Å²) in [5, 5.41) is 7.13. The molecular formula is C59H41NO. The molecule has 0 N–H and O–H groups in total. The highest BCUT2D eigenvalue weighted by Gasteiger charge is 2.39. The monoisotopic (exact) mass is 779 g/mol. The van der Waals surface area contributed by atoms with Gasteiger partial charge in [0.1, 0.15) is 11.2 Å². The Bertz CT molecular complexity index is 3520. The van der Waals surface area contributed by atoms with Crippen LogP contribution >= 0.6 is 0 Å². The van der Waals surface area contributed by atoms with Crippen LogP contribution < -0.4 is 4.90 Å². The molecule has 10 aromatic carbocycles. The summed E-state index contributed by atoms with van der Waals surface area (Å²) >= 11 is 0. The highest BCUT2D eigenvalue weighted by molar-refractivity contribution is 6.16. The topological polar surface area (TPSA) is 16.4 Å². The Morgan fingerprint density at radius 2 is 0.951 bits per heavy atom. The van der Waals surface area contributed by atoms with Crippen LogP contribution in [0.5, 0.6) is 0 Å². The average Bonchev–Trinajstić information content (AvgIpc) is 3.80. The number of fused-ring (bicyclic) bond motifs is 8. The zero-order valence-electron chi connectivity index (χ0n) is 34.1. The highest BCUT2D eigenvalue weighted by Crippen LogP contribution is 2.55. The first-order valence-electron chi connectivity index (χ1n) is 21.2. The number of benzene rings is 10. The smallest absolute Gasteiger partial charge is 0.136 e. The van der Waals surface area contributed by atoms with Gasteiger partial charge in [-0.2, -0.15) is 0 Å². The van der Waals surface area contributed by atoms with E-state index in [1.807, 2.05) is 0 Å². The molecule has 0 spiro atoms. The molecule has 12 rings (SSSR count). The number of nitrogens with zero attached hydrogens (tertiary/aromatic N) is 1. The van der Waals surface area contributed by atoms with Gasteiger partial charge < -0.3 is 9.32 Å². The van der Waals surface area contributed by atoms with E-state index in [0.717, 1.165) is 44.4 Å². The lowest BCUT2D eigenvalue weighted by atomic mass is 9.81. The summed E-state index contributed by atoms with van der Waals surface area (Å²) in [4.78, 5) is 2.49. The van der Waals surface area contributed by atoms with Crippen molar-refractivity contribution in [1.29, 1.82) is 0 Å². The molecule has 2 nitrogen and oxygen atoms in total. The molecule has 61 heavy (non-hydrogen) atoms. The molecule has 1 aliphatic rings. The minimum Gasteiger partial charge on any atom is -0.456 e. The Kier molecular flexibility index (Phi) is 7.92. The van der Waals surface area contributed by atoms with Gasteiger partial charge in [-0.3, -0.25) is 0 Å². The maximum atomic E-state index is 6.61. The summed E-state index contributed by atoms with van der Waals surface area (Å²) in [6.07, 6.45) is 0. The molecule has 11 aromatic rings. The SMILES string of the molecule is CC1(C)c2ccccc2-c2cccc(N(c3ccc(-c4cccc(-c5ccc6ccccc6c5)c4)cc3)c3ccccc3-c3cccc4oc5cc6ccccc6cc5c34)c21. The van der Waals surface area contributed by atoms with Crippen molar-refractivity contribution in [2.24, 2.45) is 0 Å². The first-order valence-corrected chi connectivity index (χ1v) is 21.2. The Balaban J connectivity index is 1.04. The predicted molar refractivity (Wildman–Crippen MR) is 257 cm³/mol. The fourth-order valence-electron chi connectivity index (χ4n) is 10.1. The molecule has 0 radical (unpaired) electrons. The molecule has 2 heteroatoms. The van der Waals surface area contributed by atoms with Crippen LogP contribution in [0.2, 0.25) is 0 Å². The lowest BCUT2D eigenvalue weighted by Crippen LogP contribution is -2.21. The van der Waals surface area contributed by atoms with Crippen molar-refractivity contribution >= 4 is 60.5 Å². The van der Waals surface area contributed by atoms with E-state index in [1.165, 1.54) is 71.7 Å². The normalized spacial score (nSPS) is 12.9. The number of rotatable bonds is 6. The van der Waals surface area contributed by atoms with E-state index >= 15 is 0 Å². The number of anilines is 3. The minimum absolute atomic E-state index is 0.222. The van der Waals surface area contributed by atoms with Gasteiger partial charge in [0.2, 0.25) is 0 Å². The van der Waals surface area contributed by atoms with Crippen LogP contribution in [0.15, 0.2) is 217 Å². The lowest BCUT2D eigenvalue weighted by Gasteiger charge is -2.33. The molecule has 1 heterocycles.